The molecule has 0 fully saturated rings. The van der Waals surface area contributed by atoms with E-state index < -0.39 is 0 Å². The Morgan fingerprint density at radius 3 is 2.65 bits per heavy atom. The van der Waals surface area contributed by atoms with Crippen molar-refractivity contribution in [1.82, 2.24) is 24.1 Å². The predicted molar refractivity (Wildman–Crippen MR) is 88.6 cm³/mol. The second-order valence-corrected chi connectivity index (χ2v) is 5.94. The van der Waals surface area contributed by atoms with E-state index in [1.165, 1.54) is 4.57 Å². The first kappa shape index (κ1) is 15.2. The molecular formula is C16H20N6O. The van der Waals surface area contributed by atoms with Gasteiger partial charge in [0.15, 0.2) is 5.52 Å². The summed E-state index contributed by atoms with van der Waals surface area (Å²) in [6, 6.07) is 3.96. The average molecular weight is 312 g/mol. The summed E-state index contributed by atoms with van der Waals surface area (Å²) in [6.45, 7) is 6.54. The van der Waals surface area contributed by atoms with Gasteiger partial charge in [-0.05, 0) is 18.6 Å². The molecule has 0 aliphatic rings. The third-order valence-electron chi connectivity index (χ3n) is 3.72. The van der Waals surface area contributed by atoms with Gasteiger partial charge in [-0.15, -0.1) is 5.10 Å². The molecule has 0 spiro atoms. The Balaban J connectivity index is 1.96. The Morgan fingerprint density at radius 1 is 1.22 bits per heavy atom. The fraction of sp³-hybridized carbons (Fsp3) is 0.375. The lowest BCUT2D eigenvalue weighted by Gasteiger charge is -2.11. The van der Waals surface area contributed by atoms with Crippen molar-refractivity contribution in [2.24, 2.45) is 7.05 Å². The number of fused-ring (bicyclic) bond motifs is 1. The molecule has 7 nitrogen and oxygen atoms in total. The van der Waals surface area contributed by atoms with Crippen molar-refractivity contribution in [1.29, 1.82) is 0 Å². The van der Waals surface area contributed by atoms with Crippen LogP contribution in [0.3, 0.4) is 0 Å². The standard InChI is InChI=1S/C16H20N6O/c1-10(2)14-18-9-13-15(23)21(4)16(20-22(13)14)19-8-12-6-5-11(3)7-17-12/h5-7,9-10H,8H2,1-4H3,(H,19,20). The highest BCUT2D eigenvalue weighted by Crippen LogP contribution is 2.13. The summed E-state index contributed by atoms with van der Waals surface area (Å²) < 4.78 is 3.12. The van der Waals surface area contributed by atoms with Crippen LogP contribution in [-0.2, 0) is 13.6 Å². The van der Waals surface area contributed by atoms with E-state index >= 15 is 0 Å². The first-order valence-corrected chi connectivity index (χ1v) is 7.57. The molecule has 3 aromatic heterocycles. The van der Waals surface area contributed by atoms with Gasteiger partial charge in [0.1, 0.15) is 5.82 Å². The lowest BCUT2D eigenvalue weighted by Crippen LogP contribution is -2.25. The molecular weight excluding hydrogens is 292 g/mol. The normalized spacial score (nSPS) is 11.3. The summed E-state index contributed by atoms with van der Waals surface area (Å²) >= 11 is 0. The van der Waals surface area contributed by atoms with Crippen molar-refractivity contribution in [3.63, 3.8) is 0 Å². The van der Waals surface area contributed by atoms with Crippen molar-refractivity contribution in [3.8, 4) is 0 Å². The number of aromatic nitrogens is 5. The third-order valence-corrected chi connectivity index (χ3v) is 3.72. The topological polar surface area (TPSA) is 77.1 Å². The monoisotopic (exact) mass is 312 g/mol. The zero-order valence-electron chi connectivity index (χ0n) is 13.7. The van der Waals surface area contributed by atoms with Crippen molar-refractivity contribution < 1.29 is 0 Å². The molecule has 0 atom stereocenters. The third kappa shape index (κ3) is 2.81. The molecule has 3 rings (SSSR count). The van der Waals surface area contributed by atoms with Crippen LogP contribution in [-0.4, -0.2) is 24.1 Å². The van der Waals surface area contributed by atoms with E-state index in [4.69, 9.17) is 0 Å². The van der Waals surface area contributed by atoms with E-state index in [1.54, 1.807) is 17.8 Å². The van der Waals surface area contributed by atoms with Gasteiger partial charge in [-0.25, -0.2) is 9.50 Å². The summed E-state index contributed by atoms with van der Waals surface area (Å²) in [5.41, 5.74) is 2.36. The van der Waals surface area contributed by atoms with Crippen LogP contribution in [0.15, 0.2) is 29.3 Å². The molecule has 0 unspecified atom stereocenters. The van der Waals surface area contributed by atoms with Crippen LogP contribution in [0.2, 0.25) is 0 Å². The minimum atomic E-state index is -0.126. The van der Waals surface area contributed by atoms with Gasteiger partial charge in [-0.2, -0.15) is 0 Å². The maximum Gasteiger partial charge on any atom is 0.280 e. The number of rotatable bonds is 4. The van der Waals surface area contributed by atoms with Crippen molar-refractivity contribution in [2.75, 3.05) is 5.32 Å². The Hall–Kier alpha value is -2.70. The Bertz CT molecular complexity index is 891. The quantitative estimate of drug-likeness (QED) is 0.796. The Labute approximate surface area is 134 Å². The van der Waals surface area contributed by atoms with Crippen molar-refractivity contribution in [2.45, 2.75) is 33.2 Å². The van der Waals surface area contributed by atoms with Gasteiger partial charge >= 0.3 is 0 Å². The first-order valence-electron chi connectivity index (χ1n) is 7.57. The fourth-order valence-corrected chi connectivity index (χ4v) is 2.36. The van der Waals surface area contributed by atoms with Crippen LogP contribution >= 0.6 is 0 Å². The van der Waals surface area contributed by atoms with Gasteiger partial charge in [0.2, 0.25) is 5.95 Å². The predicted octanol–water partition coefficient (Wildman–Crippen LogP) is 1.87. The van der Waals surface area contributed by atoms with E-state index in [0.717, 1.165) is 17.1 Å². The number of anilines is 1. The van der Waals surface area contributed by atoms with Gasteiger partial charge in [-0.1, -0.05) is 19.9 Å². The molecule has 0 bridgehead atoms. The smallest absolute Gasteiger partial charge is 0.280 e. The van der Waals surface area contributed by atoms with Gasteiger partial charge in [0, 0.05) is 19.2 Å². The highest BCUT2D eigenvalue weighted by molar-refractivity contribution is 5.45. The van der Waals surface area contributed by atoms with Crippen LogP contribution in [0.1, 0.15) is 36.8 Å². The minimum Gasteiger partial charge on any atom is -0.349 e. The zero-order valence-corrected chi connectivity index (χ0v) is 13.7. The van der Waals surface area contributed by atoms with E-state index in [-0.39, 0.29) is 11.5 Å². The van der Waals surface area contributed by atoms with Gasteiger partial charge < -0.3 is 5.32 Å². The molecule has 3 aromatic rings. The summed E-state index contributed by atoms with van der Waals surface area (Å²) in [6.07, 6.45) is 3.40. The number of nitrogens with zero attached hydrogens (tertiary/aromatic N) is 5. The highest BCUT2D eigenvalue weighted by Gasteiger charge is 2.14. The molecule has 0 aliphatic heterocycles. The molecule has 23 heavy (non-hydrogen) atoms. The minimum absolute atomic E-state index is 0.126. The lowest BCUT2D eigenvalue weighted by molar-refractivity contribution is 0.694. The Morgan fingerprint density at radius 2 is 2.00 bits per heavy atom. The van der Waals surface area contributed by atoms with Gasteiger partial charge in [0.05, 0.1) is 18.4 Å². The molecule has 0 amide bonds. The number of pyridine rings is 1. The number of hydrogen-bond acceptors (Lipinski definition) is 5. The van der Waals surface area contributed by atoms with Crippen molar-refractivity contribution in [3.05, 3.63) is 52.0 Å². The maximum absolute atomic E-state index is 12.4. The number of aryl methyl sites for hydroxylation is 1. The molecule has 0 saturated heterocycles. The Kier molecular flexibility index (Phi) is 3.85. The van der Waals surface area contributed by atoms with Gasteiger partial charge in [-0.3, -0.25) is 14.3 Å². The van der Waals surface area contributed by atoms with Crippen LogP contribution in [0.4, 0.5) is 5.95 Å². The zero-order chi connectivity index (χ0) is 16.6. The largest absolute Gasteiger partial charge is 0.349 e. The summed E-state index contributed by atoms with van der Waals surface area (Å²) in [4.78, 5) is 21.1. The van der Waals surface area contributed by atoms with Crippen molar-refractivity contribution >= 4 is 11.5 Å². The fourth-order valence-electron chi connectivity index (χ4n) is 2.36. The van der Waals surface area contributed by atoms with E-state index in [2.05, 4.69) is 20.4 Å². The van der Waals surface area contributed by atoms with E-state index in [1.807, 2.05) is 39.1 Å². The molecule has 1 N–H and O–H groups in total. The first-order chi connectivity index (χ1) is 11.0. The van der Waals surface area contributed by atoms with Crippen LogP contribution in [0, 0.1) is 6.92 Å². The number of imidazole rings is 1. The SMILES string of the molecule is Cc1ccc(CNc2nn3c(C(C)C)ncc3c(=O)n2C)nc1. The lowest BCUT2D eigenvalue weighted by atomic mass is 10.2. The van der Waals surface area contributed by atoms with Crippen LogP contribution in [0.25, 0.3) is 5.52 Å². The summed E-state index contributed by atoms with van der Waals surface area (Å²) in [5, 5.41) is 7.71. The van der Waals surface area contributed by atoms with E-state index in [0.29, 0.717) is 18.0 Å². The molecule has 0 aromatic carbocycles. The molecule has 120 valence electrons. The molecule has 7 heteroatoms. The molecule has 0 saturated carbocycles. The number of hydrogen-bond donors (Lipinski definition) is 1. The molecule has 0 radical (unpaired) electrons. The average Bonchev–Trinajstić information content (AvgIpc) is 2.95. The summed E-state index contributed by atoms with van der Waals surface area (Å²) in [5.74, 6) is 1.45. The highest BCUT2D eigenvalue weighted by atomic mass is 16.1. The second kappa shape index (κ2) is 5.83. The van der Waals surface area contributed by atoms with Crippen LogP contribution < -0.4 is 10.9 Å². The second-order valence-electron chi connectivity index (χ2n) is 5.94. The van der Waals surface area contributed by atoms with Gasteiger partial charge in [0.25, 0.3) is 5.56 Å². The molecule has 3 heterocycles. The van der Waals surface area contributed by atoms with Crippen LogP contribution in [0.5, 0.6) is 0 Å². The molecule has 0 aliphatic carbocycles. The van der Waals surface area contributed by atoms with E-state index in [9.17, 15) is 4.79 Å². The number of nitrogens with one attached hydrogen (secondary N) is 1. The maximum atomic E-state index is 12.4. The summed E-state index contributed by atoms with van der Waals surface area (Å²) in [7, 11) is 1.70.